The Hall–Kier alpha value is -1.08. The summed E-state index contributed by atoms with van der Waals surface area (Å²) in [6.07, 6.45) is 8.61. The van der Waals surface area contributed by atoms with Crippen molar-refractivity contribution in [1.29, 1.82) is 0 Å². The fourth-order valence-corrected chi connectivity index (χ4v) is 3.49. The summed E-state index contributed by atoms with van der Waals surface area (Å²) in [5.41, 5.74) is 7.27. The van der Waals surface area contributed by atoms with Crippen molar-refractivity contribution in [3.63, 3.8) is 0 Å². The van der Waals surface area contributed by atoms with E-state index in [2.05, 4.69) is 12.8 Å². The number of aryl methyl sites for hydroxylation is 1. The van der Waals surface area contributed by atoms with Crippen molar-refractivity contribution in [2.75, 3.05) is 17.2 Å². The van der Waals surface area contributed by atoms with Gasteiger partial charge in [-0.1, -0.05) is 12.8 Å². The second-order valence-electron chi connectivity index (χ2n) is 4.40. The summed E-state index contributed by atoms with van der Waals surface area (Å²) in [6.45, 7) is 2.68. The van der Waals surface area contributed by atoms with Gasteiger partial charge in [0.2, 0.25) is 0 Å². The van der Waals surface area contributed by atoms with Gasteiger partial charge in [-0.05, 0) is 18.6 Å². The number of nitrogens with two attached hydrogens (primary N) is 1. The molecule has 0 radical (unpaired) electrons. The first-order valence-corrected chi connectivity index (χ1v) is 7.29. The molecule has 1 aliphatic heterocycles. The van der Waals surface area contributed by atoms with Crippen LogP contribution in [-0.4, -0.2) is 21.1 Å². The highest BCUT2D eigenvalue weighted by Crippen LogP contribution is 2.35. The number of imidazole rings is 1. The topological polar surface area (TPSA) is 43.8 Å². The highest BCUT2D eigenvalue weighted by molar-refractivity contribution is 7.99. The van der Waals surface area contributed by atoms with Gasteiger partial charge in [-0.2, -0.15) is 11.8 Å². The average molecular weight is 249 g/mol. The van der Waals surface area contributed by atoms with Crippen molar-refractivity contribution in [3.8, 4) is 12.3 Å². The van der Waals surface area contributed by atoms with Crippen molar-refractivity contribution in [1.82, 2.24) is 9.55 Å². The van der Waals surface area contributed by atoms with Gasteiger partial charge in [0, 0.05) is 18.1 Å². The van der Waals surface area contributed by atoms with Crippen LogP contribution in [0, 0.1) is 12.3 Å². The van der Waals surface area contributed by atoms with Crippen molar-refractivity contribution in [2.24, 2.45) is 0 Å². The molecule has 0 aromatic carbocycles. The van der Waals surface area contributed by atoms with Gasteiger partial charge in [0.1, 0.15) is 11.6 Å². The van der Waals surface area contributed by atoms with Crippen LogP contribution in [-0.2, 0) is 13.0 Å². The zero-order valence-electron chi connectivity index (χ0n) is 10.3. The maximum Gasteiger partial charge on any atom is 0.127 e. The molecular weight excluding hydrogens is 230 g/mol. The van der Waals surface area contributed by atoms with Crippen LogP contribution in [0.15, 0.2) is 0 Å². The zero-order valence-corrected chi connectivity index (χ0v) is 11.1. The highest BCUT2D eigenvalue weighted by atomic mass is 32.2. The maximum absolute atomic E-state index is 6.20. The van der Waals surface area contributed by atoms with Crippen LogP contribution in [0.1, 0.15) is 37.2 Å². The van der Waals surface area contributed by atoms with Gasteiger partial charge >= 0.3 is 0 Å². The molecule has 4 heteroatoms. The van der Waals surface area contributed by atoms with E-state index in [1.807, 2.05) is 16.3 Å². The first kappa shape index (κ1) is 12.4. The molecule has 2 N–H and O–H groups in total. The Morgan fingerprint density at radius 2 is 2.47 bits per heavy atom. The Morgan fingerprint density at radius 3 is 3.06 bits per heavy atom. The van der Waals surface area contributed by atoms with Crippen LogP contribution in [0.2, 0.25) is 0 Å². The molecule has 1 aromatic rings. The molecular formula is C13H19N3S. The smallest absolute Gasteiger partial charge is 0.127 e. The minimum Gasteiger partial charge on any atom is -0.384 e. The summed E-state index contributed by atoms with van der Waals surface area (Å²) < 4.78 is 2.00. The Kier molecular flexibility index (Phi) is 4.01. The van der Waals surface area contributed by atoms with Gasteiger partial charge < -0.3 is 10.3 Å². The Bertz CT molecular complexity index is 425. The second kappa shape index (κ2) is 5.50. The summed E-state index contributed by atoms with van der Waals surface area (Å²) >= 11 is 1.98. The quantitative estimate of drug-likeness (QED) is 0.833. The third kappa shape index (κ3) is 2.44. The lowest BCUT2D eigenvalue weighted by molar-refractivity contribution is 0.728. The Labute approximate surface area is 107 Å². The van der Waals surface area contributed by atoms with Crippen LogP contribution >= 0.6 is 11.8 Å². The molecule has 1 atom stereocenters. The predicted molar refractivity (Wildman–Crippen MR) is 74.2 cm³/mol. The molecule has 3 nitrogen and oxygen atoms in total. The molecule has 0 spiro atoms. The average Bonchev–Trinajstić information content (AvgIpc) is 2.92. The molecule has 0 amide bonds. The maximum atomic E-state index is 6.20. The lowest BCUT2D eigenvalue weighted by Gasteiger charge is -2.07. The second-order valence-corrected chi connectivity index (χ2v) is 5.55. The molecule has 1 unspecified atom stereocenters. The van der Waals surface area contributed by atoms with Crippen molar-refractivity contribution in [3.05, 3.63) is 11.5 Å². The lowest BCUT2D eigenvalue weighted by atomic mass is 10.1. The normalized spacial score (nSPS) is 19.4. The molecule has 0 bridgehead atoms. The number of nitrogens with zero attached hydrogens (tertiary/aromatic N) is 2. The lowest BCUT2D eigenvalue weighted by Crippen LogP contribution is -2.07. The van der Waals surface area contributed by atoms with E-state index >= 15 is 0 Å². The molecule has 1 aromatic heterocycles. The van der Waals surface area contributed by atoms with E-state index < -0.39 is 0 Å². The summed E-state index contributed by atoms with van der Waals surface area (Å²) in [7, 11) is 0. The molecule has 1 saturated heterocycles. The number of rotatable bonds is 4. The molecule has 92 valence electrons. The van der Waals surface area contributed by atoms with E-state index in [-0.39, 0.29) is 0 Å². The number of hydrogen-bond donors (Lipinski definition) is 1. The monoisotopic (exact) mass is 249 g/mol. The fraction of sp³-hybridized carbons (Fsp3) is 0.615. The van der Waals surface area contributed by atoms with Crippen LogP contribution < -0.4 is 5.73 Å². The largest absolute Gasteiger partial charge is 0.384 e. The first-order chi connectivity index (χ1) is 8.27. The predicted octanol–water partition coefficient (Wildman–Crippen LogP) is 2.27. The van der Waals surface area contributed by atoms with E-state index in [0.29, 0.717) is 12.5 Å². The number of terminal acetylenes is 1. The molecule has 2 heterocycles. The zero-order chi connectivity index (χ0) is 12.3. The van der Waals surface area contributed by atoms with Crippen LogP contribution in [0.3, 0.4) is 0 Å². The Balaban J connectivity index is 2.33. The minimum atomic E-state index is 0.523. The van der Waals surface area contributed by atoms with E-state index in [9.17, 15) is 0 Å². The Morgan fingerprint density at radius 1 is 1.65 bits per heavy atom. The van der Waals surface area contributed by atoms with Crippen molar-refractivity contribution >= 4 is 17.6 Å². The van der Waals surface area contributed by atoms with Gasteiger partial charge in [0.25, 0.3) is 0 Å². The molecule has 0 saturated carbocycles. The van der Waals surface area contributed by atoms with Crippen molar-refractivity contribution < 1.29 is 0 Å². The third-order valence-electron chi connectivity index (χ3n) is 3.15. The minimum absolute atomic E-state index is 0.523. The van der Waals surface area contributed by atoms with Crippen LogP contribution in [0.25, 0.3) is 0 Å². The molecule has 1 aliphatic rings. The van der Waals surface area contributed by atoms with Crippen molar-refractivity contribution in [2.45, 2.75) is 38.6 Å². The number of thioether (sulfide) groups is 1. The third-order valence-corrected chi connectivity index (χ3v) is 4.32. The van der Waals surface area contributed by atoms with Gasteiger partial charge in [-0.15, -0.1) is 6.42 Å². The summed E-state index contributed by atoms with van der Waals surface area (Å²) in [5.74, 6) is 7.39. The molecule has 2 rings (SSSR count). The molecule has 0 aliphatic carbocycles. The fourth-order valence-electron chi connectivity index (χ4n) is 2.27. The first-order valence-electron chi connectivity index (χ1n) is 6.13. The summed E-state index contributed by atoms with van der Waals surface area (Å²) in [4.78, 5) is 4.73. The summed E-state index contributed by atoms with van der Waals surface area (Å²) in [5, 5.41) is 0. The number of anilines is 1. The van der Waals surface area contributed by atoms with E-state index in [1.165, 1.54) is 12.2 Å². The SMILES string of the molecule is C#CCn1c(CCC)nc(C2CCSC2)c1N. The van der Waals surface area contributed by atoms with Crippen LogP contribution in [0.5, 0.6) is 0 Å². The summed E-state index contributed by atoms with van der Waals surface area (Å²) in [6, 6.07) is 0. The highest BCUT2D eigenvalue weighted by Gasteiger charge is 2.25. The van der Waals surface area contributed by atoms with E-state index in [1.54, 1.807) is 0 Å². The number of nitrogen functional groups attached to an aromatic ring is 1. The standard InChI is InChI=1S/C13H19N3S/c1-3-5-11-15-12(10-6-8-17-9-10)13(14)16(11)7-4-2/h2,10H,3,5-9,14H2,1H3. The molecule has 1 fully saturated rings. The number of hydrogen-bond acceptors (Lipinski definition) is 3. The van der Waals surface area contributed by atoms with Gasteiger partial charge in [0.05, 0.1) is 12.2 Å². The number of aromatic nitrogens is 2. The van der Waals surface area contributed by atoms with Crippen LogP contribution in [0.4, 0.5) is 5.82 Å². The van der Waals surface area contributed by atoms with E-state index in [0.717, 1.165) is 35.9 Å². The molecule has 17 heavy (non-hydrogen) atoms. The van der Waals surface area contributed by atoms with Gasteiger partial charge in [0.15, 0.2) is 0 Å². The van der Waals surface area contributed by atoms with E-state index in [4.69, 9.17) is 17.1 Å². The van der Waals surface area contributed by atoms with Gasteiger partial charge in [-0.25, -0.2) is 4.98 Å². The van der Waals surface area contributed by atoms with Gasteiger partial charge in [-0.3, -0.25) is 0 Å².